The Labute approximate surface area is 124 Å². The average Bonchev–Trinajstić information content (AvgIpc) is 2.37. The maximum atomic E-state index is 13.4. The van der Waals surface area contributed by atoms with Gasteiger partial charge < -0.3 is 10.4 Å². The molecule has 0 saturated carbocycles. The molecular weight excluding hydrogens is 273 g/mol. The molecule has 0 aliphatic rings. The van der Waals surface area contributed by atoms with Crippen LogP contribution in [0.1, 0.15) is 32.3 Å². The van der Waals surface area contributed by atoms with Gasteiger partial charge in [0.2, 0.25) is 5.91 Å². The summed E-state index contributed by atoms with van der Waals surface area (Å²) in [5, 5.41) is 11.6. The van der Waals surface area contributed by atoms with Crippen LogP contribution in [0.5, 0.6) is 0 Å². The lowest BCUT2D eigenvalue weighted by Crippen LogP contribution is -2.32. The summed E-state index contributed by atoms with van der Waals surface area (Å²) in [6.45, 7) is 4.32. The van der Waals surface area contributed by atoms with Crippen molar-refractivity contribution >= 4 is 11.9 Å². The van der Waals surface area contributed by atoms with Crippen LogP contribution in [0.15, 0.2) is 24.3 Å². The van der Waals surface area contributed by atoms with Crippen LogP contribution < -0.4 is 5.32 Å². The summed E-state index contributed by atoms with van der Waals surface area (Å²) in [7, 11) is 0. The lowest BCUT2D eigenvalue weighted by atomic mass is 9.94. The van der Waals surface area contributed by atoms with E-state index in [4.69, 9.17) is 5.11 Å². The summed E-state index contributed by atoms with van der Waals surface area (Å²) < 4.78 is 13.4. The van der Waals surface area contributed by atoms with Gasteiger partial charge >= 0.3 is 5.97 Å². The summed E-state index contributed by atoms with van der Waals surface area (Å²) in [6.07, 6.45) is 0.721. The highest BCUT2D eigenvalue weighted by Crippen LogP contribution is 2.15. The van der Waals surface area contributed by atoms with E-state index < -0.39 is 11.8 Å². The third-order valence-electron chi connectivity index (χ3n) is 3.16. The Balaban J connectivity index is 2.49. The van der Waals surface area contributed by atoms with E-state index in [9.17, 15) is 14.0 Å². The molecule has 0 unspecified atom stereocenters. The van der Waals surface area contributed by atoms with Crippen LogP contribution >= 0.6 is 0 Å². The minimum absolute atomic E-state index is 0.0260. The van der Waals surface area contributed by atoms with Crippen LogP contribution in [0.3, 0.4) is 0 Å². The summed E-state index contributed by atoms with van der Waals surface area (Å²) >= 11 is 0. The molecule has 0 bridgehead atoms. The van der Waals surface area contributed by atoms with Gasteiger partial charge in [-0.05, 0) is 29.9 Å². The fourth-order valence-corrected chi connectivity index (χ4v) is 2.29. The second-order valence-corrected chi connectivity index (χ2v) is 5.67. The van der Waals surface area contributed by atoms with Gasteiger partial charge in [0.25, 0.3) is 0 Å². The predicted octanol–water partition coefficient (Wildman–Crippen LogP) is 2.62. The van der Waals surface area contributed by atoms with Crippen LogP contribution in [0.4, 0.5) is 4.39 Å². The summed E-state index contributed by atoms with van der Waals surface area (Å²) in [5.74, 6) is -1.31. The first-order valence-electron chi connectivity index (χ1n) is 7.10. The SMILES string of the molecule is CC(C)C[C@H](CNC(=O)Cc1ccccc1F)CC(=O)O. The minimum atomic E-state index is -0.871. The summed E-state index contributed by atoms with van der Waals surface area (Å²) in [5.41, 5.74) is 0.341. The zero-order valence-corrected chi connectivity index (χ0v) is 12.4. The van der Waals surface area contributed by atoms with E-state index in [1.54, 1.807) is 18.2 Å². The van der Waals surface area contributed by atoms with E-state index in [-0.39, 0.29) is 24.7 Å². The summed E-state index contributed by atoms with van der Waals surface area (Å²) in [4.78, 5) is 22.6. The van der Waals surface area contributed by atoms with Gasteiger partial charge in [-0.25, -0.2) is 4.39 Å². The van der Waals surface area contributed by atoms with Crippen molar-refractivity contribution in [2.24, 2.45) is 11.8 Å². The molecule has 0 aliphatic heterocycles. The molecule has 1 aromatic rings. The number of halogens is 1. The molecule has 0 spiro atoms. The lowest BCUT2D eigenvalue weighted by molar-refractivity contribution is -0.138. The second kappa shape index (κ2) is 8.39. The number of benzene rings is 1. The summed E-state index contributed by atoms with van der Waals surface area (Å²) in [6, 6.07) is 6.13. The third-order valence-corrected chi connectivity index (χ3v) is 3.16. The van der Waals surface area contributed by atoms with E-state index in [1.807, 2.05) is 13.8 Å². The number of hydrogen-bond donors (Lipinski definition) is 2. The van der Waals surface area contributed by atoms with Crippen LogP contribution in [-0.2, 0) is 16.0 Å². The van der Waals surface area contributed by atoms with Crippen LogP contribution in [0.2, 0.25) is 0 Å². The number of carboxylic acids is 1. The second-order valence-electron chi connectivity index (χ2n) is 5.67. The fourth-order valence-electron chi connectivity index (χ4n) is 2.29. The molecule has 116 valence electrons. The van der Waals surface area contributed by atoms with Crippen molar-refractivity contribution in [2.45, 2.75) is 33.1 Å². The third kappa shape index (κ3) is 6.88. The van der Waals surface area contributed by atoms with E-state index in [0.29, 0.717) is 18.0 Å². The first-order valence-corrected chi connectivity index (χ1v) is 7.10. The zero-order chi connectivity index (χ0) is 15.8. The number of hydrogen-bond acceptors (Lipinski definition) is 2. The normalized spacial score (nSPS) is 12.2. The average molecular weight is 295 g/mol. The monoisotopic (exact) mass is 295 g/mol. The first kappa shape index (κ1) is 17.1. The fraction of sp³-hybridized carbons (Fsp3) is 0.500. The highest BCUT2D eigenvalue weighted by Gasteiger charge is 2.16. The van der Waals surface area contributed by atoms with E-state index >= 15 is 0 Å². The molecule has 0 aromatic heterocycles. The molecule has 5 heteroatoms. The molecule has 4 nitrogen and oxygen atoms in total. The smallest absolute Gasteiger partial charge is 0.303 e. The van der Waals surface area contributed by atoms with Crippen molar-refractivity contribution < 1.29 is 19.1 Å². The van der Waals surface area contributed by atoms with Gasteiger partial charge in [0, 0.05) is 13.0 Å². The van der Waals surface area contributed by atoms with Gasteiger partial charge in [-0.15, -0.1) is 0 Å². The lowest BCUT2D eigenvalue weighted by Gasteiger charge is -2.17. The topological polar surface area (TPSA) is 66.4 Å². The van der Waals surface area contributed by atoms with Crippen molar-refractivity contribution in [3.05, 3.63) is 35.6 Å². The number of amides is 1. The molecule has 21 heavy (non-hydrogen) atoms. The molecule has 0 aliphatic carbocycles. The van der Waals surface area contributed by atoms with Gasteiger partial charge in [0.05, 0.1) is 6.42 Å². The van der Waals surface area contributed by atoms with Crippen molar-refractivity contribution in [3.8, 4) is 0 Å². The Morgan fingerprint density at radius 2 is 1.95 bits per heavy atom. The van der Waals surface area contributed by atoms with Gasteiger partial charge in [0.1, 0.15) is 5.82 Å². The Morgan fingerprint density at radius 1 is 1.29 bits per heavy atom. The minimum Gasteiger partial charge on any atom is -0.481 e. The maximum Gasteiger partial charge on any atom is 0.303 e. The van der Waals surface area contributed by atoms with Crippen LogP contribution in [-0.4, -0.2) is 23.5 Å². The molecule has 0 fully saturated rings. The quantitative estimate of drug-likeness (QED) is 0.774. The number of carbonyl (C=O) groups is 2. The Morgan fingerprint density at radius 3 is 2.52 bits per heavy atom. The number of nitrogens with one attached hydrogen (secondary N) is 1. The van der Waals surface area contributed by atoms with Crippen molar-refractivity contribution in [1.82, 2.24) is 5.32 Å². The van der Waals surface area contributed by atoms with Crippen molar-refractivity contribution in [2.75, 3.05) is 6.54 Å². The molecule has 2 N–H and O–H groups in total. The van der Waals surface area contributed by atoms with E-state index in [1.165, 1.54) is 6.07 Å². The molecule has 0 radical (unpaired) electrons. The van der Waals surface area contributed by atoms with Gasteiger partial charge in [-0.2, -0.15) is 0 Å². The predicted molar refractivity (Wildman–Crippen MR) is 78.3 cm³/mol. The first-order chi connectivity index (χ1) is 9.88. The zero-order valence-electron chi connectivity index (χ0n) is 12.4. The number of carboxylic acid groups (broad SMARTS) is 1. The molecular formula is C16H22FNO3. The van der Waals surface area contributed by atoms with Crippen molar-refractivity contribution in [1.29, 1.82) is 0 Å². The van der Waals surface area contributed by atoms with Crippen LogP contribution in [0.25, 0.3) is 0 Å². The molecule has 1 aromatic carbocycles. The van der Waals surface area contributed by atoms with E-state index in [2.05, 4.69) is 5.32 Å². The molecule has 0 heterocycles. The van der Waals surface area contributed by atoms with Gasteiger partial charge in [-0.1, -0.05) is 32.0 Å². The maximum absolute atomic E-state index is 13.4. The number of aliphatic carboxylic acids is 1. The molecule has 1 rings (SSSR count). The number of carbonyl (C=O) groups excluding carboxylic acids is 1. The Hall–Kier alpha value is -1.91. The van der Waals surface area contributed by atoms with Crippen LogP contribution in [0, 0.1) is 17.7 Å². The largest absolute Gasteiger partial charge is 0.481 e. The Bertz CT molecular complexity index is 488. The highest BCUT2D eigenvalue weighted by atomic mass is 19.1. The highest BCUT2D eigenvalue weighted by molar-refractivity contribution is 5.78. The van der Waals surface area contributed by atoms with Crippen molar-refractivity contribution in [3.63, 3.8) is 0 Å². The Kier molecular flexibility index (Phi) is 6.85. The van der Waals surface area contributed by atoms with Gasteiger partial charge in [-0.3, -0.25) is 9.59 Å². The molecule has 1 atom stereocenters. The van der Waals surface area contributed by atoms with Gasteiger partial charge in [0.15, 0.2) is 0 Å². The molecule has 0 saturated heterocycles. The molecule has 1 amide bonds. The standard InChI is InChI=1S/C16H22FNO3/c1-11(2)7-12(8-16(20)21)10-18-15(19)9-13-5-3-4-6-14(13)17/h3-6,11-12H,7-10H2,1-2H3,(H,18,19)(H,20,21)/t12-/m0/s1. The number of rotatable bonds is 8. The van der Waals surface area contributed by atoms with E-state index in [0.717, 1.165) is 6.42 Å².